The minimum Gasteiger partial charge on any atom is -0.350 e. The summed E-state index contributed by atoms with van der Waals surface area (Å²) in [5.74, 6) is 0.432. The van der Waals surface area contributed by atoms with Crippen molar-refractivity contribution in [3.8, 4) is 0 Å². The summed E-state index contributed by atoms with van der Waals surface area (Å²) in [7, 11) is 0. The average Bonchev–Trinajstić information content (AvgIpc) is 3.35. The molecule has 2 amide bonds. The van der Waals surface area contributed by atoms with Crippen molar-refractivity contribution in [2.24, 2.45) is 0 Å². The Labute approximate surface area is 155 Å². The number of pyridine rings is 1. The second-order valence-electron chi connectivity index (χ2n) is 6.33. The van der Waals surface area contributed by atoms with Crippen molar-refractivity contribution in [2.75, 3.05) is 13.1 Å². The molecule has 9 nitrogen and oxygen atoms in total. The molecule has 0 unspecified atom stereocenters. The van der Waals surface area contributed by atoms with E-state index in [0.29, 0.717) is 6.54 Å². The minimum atomic E-state index is -0.336. The Balaban J connectivity index is 1.39. The van der Waals surface area contributed by atoms with E-state index in [9.17, 15) is 9.59 Å². The largest absolute Gasteiger partial charge is 0.350 e. The van der Waals surface area contributed by atoms with Crippen LogP contribution in [0.25, 0.3) is 5.65 Å². The van der Waals surface area contributed by atoms with Gasteiger partial charge in [0.15, 0.2) is 11.5 Å². The number of fused-ring (bicyclic) bond motifs is 1. The molecular formula is C18H19N7O2. The summed E-state index contributed by atoms with van der Waals surface area (Å²) >= 11 is 0. The van der Waals surface area contributed by atoms with Crippen LogP contribution in [0.15, 0.2) is 43.0 Å². The molecule has 138 valence electrons. The second kappa shape index (κ2) is 7.48. The van der Waals surface area contributed by atoms with Gasteiger partial charge in [-0.1, -0.05) is 6.07 Å². The summed E-state index contributed by atoms with van der Waals surface area (Å²) in [4.78, 5) is 34.3. The fourth-order valence-electron chi connectivity index (χ4n) is 3.35. The van der Waals surface area contributed by atoms with Gasteiger partial charge in [0.2, 0.25) is 5.91 Å². The minimum absolute atomic E-state index is 0.00960. The molecule has 0 spiro atoms. The molecule has 27 heavy (non-hydrogen) atoms. The Morgan fingerprint density at radius 1 is 1.22 bits per heavy atom. The maximum Gasteiger partial charge on any atom is 0.271 e. The van der Waals surface area contributed by atoms with Gasteiger partial charge >= 0.3 is 0 Å². The number of nitrogens with one attached hydrogen (secondary N) is 1. The van der Waals surface area contributed by atoms with Gasteiger partial charge in [0.05, 0.1) is 12.2 Å². The van der Waals surface area contributed by atoms with Crippen LogP contribution in [0.1, 0.15) is 41.6 Å². The van der Waals surface area contributed by atoms with Gasteiger partial charge in [0.25, 0.3) is 5.91 Å². The predicted molar refractivity (Wildman–Crippen MR) is 95.7 cm³/mol. The summed E-state index contributed by atoms with van der Waals surface area (Å²) in [6.07, 6.45) is 8.26. The number of aromatic nitrogens is 5. The third-order valence-corrected chi connectivity index (χ3v) is 4.63. The lowest BCUT2D eigenvalue weighted by Gasteiger charge is -2.23. The van der Waals surface area contributed by atoms with Gasteiger partial charge in [0, 0.05) is 38.1 Å². The SMILES string of the molecule is O=C(NCCC(=O)N1CCC[C@H]1c1nnc2ccccn12)c1cnccn1. The molecule has 1 atom stereocenters. The van der Waals surface area contributed by atoms with E-state index < -0.39 is 0 Å². The Morgan fingerprint density at radius 2 is 2.15 bits per heavy atom. The van der Waals surface area contributed by atoms with E-state index in [4.69, 9.17) is 0 Å². The molecule has 4 heterocycles. The van der Waals surface area contributed by atoms with Gasteiger partial charge in [-0.3, -0.25) is 19.0 Å². The fourth-order valence-corrected chi connectivity index (χ4v) is 3.35. The molecule has 1 fully saturated rings. The van der Waals surface area contributed by atoms with E-state index in [1.165, 1.54) is 18.6 Å². The number of amides is 2. The molecule has 3 aromatic heterocycles. The number of carbonyl (C=O) groups excluding carboxylic acids is 2. The number of rotatable bonds is 5. The standard InChI is InChI=1S/C18H19N7O2/c26-16(6-7-21-18(27)13-12-19-8-9-20-13)24-11-3-4-14(24)17-23-22-15-5-1-2-10-25(15)17/h1-2,5,8-10,12,14H,3-4,6-7,11H2,(H,21,27)/t14-/m0/s1. The van der Waals surface area contributed by atoms with E-state index in [2.05, 4.69) is 25.5 Å². The normalized spacial score (nSPS) is 16.6. The Bertz CT molecular complexity index is 957. The molecule has 0 bridgehead atoms. The number of hydrogen-bond acceptors (Lipinski definition) is 6. The molecule has 0 radical (unpaired) electrons. The van der Waals surface area contributed by atoms with E-state index in [1.54, 1.807) is 0 Å². The predicted octanol–water partition coefficient (Wildman–Crippen LogP) is 1.00. The van der Waals surface area contributed by atoms with Crippen LogP contribution >= 0.6 is 0 Å². The molecule has 1 N–H and O–H groups in total. The van der Waals surface area contributed by atoms with Crippen molar-refractivity contribution in [1.82, 2.24) is 34.8 Å². The van der Waals surface area contributed by atoms with Gasteiger partial charge < -0.3 is 10.2 Å². The van der Waals surface area contributed by atoms with Gasteiger partial charge in [-0.15, -0.1) is 10.2 Å². The van der Waals surface area contributed by atoms with Crippen molar-refractivity contribution in [2.45, 2.75) is 25.3 Å². The van der Waals surface area contributed by atoms with Gasteiger partial charge in [0.1, 0.15) is 5.69 Å². The van der Waals surface area contributed by atoms with Crippen LogP contribution < -0.4 is 5.32 Å². The first-order chi connectivity index (χ1) is 13.2. The van der Waals surface area contributed by atoms with Crippen molar-refractivity contribution in [3.63, 3.8) is 0 Å². The van der Waals surface area contributed by atoms with E-state index in [0.717, 1.165) is 24.3 Å². The van der Waals surface area contributed by atoms with Crippen molar-refractivity contribution < 1.29 is 9.59 Å². The third kappa shape index (κ3) is 3.48. The fraction of sp³-hybridized carbons (Fsp3) is 0.333. The van der Waals surface area contributed by atoms with Crippen molar-refractivity contribution in [3.05, 3.63) is 54.5 Å². The van der Waals surface area contributed by atoms with Crippen molar-refractivity contribution in [1.29, 1.82) is 0 Å². The second-order valence-corrected chi connectivity index (χ2v) is 6.33. The number of nitrogens with zero attached hydrogens (tertiary/aromatic N) is 6. The maximum absolute atomic E-state index is 12.7. The topological polar surface area (TPSA) is 105 Å². The quantitative estimate of drug-likeness (QED) is 0.723. The van der Waals surface area contributed by atoms with Crippen molar-refractivity contribution >= 4 is 17.5 Å². The molecule has 1 aliphatic rings. The lowest BCUT2D eigenvalue weighted by atomic mass is 10.2. The highest BCUT2D eigenvalue weighted by Crippen LogP contribution is 2.31. The zero-order valence-corrected chi connectivity index (χ0v) is 14.7. The number of hydrogen-bond donors (Lipinski definition) is 1. The zero-order chi connectivity index (χ0) is 18.6. The molecule has 9 heteroatoms. The van der Waals surface area contributed by atoms with Gasteiger partial charge in [-0.25, -0.2) is 4.98 Å². The number of carbonyl (C=O) groups is 2. The smallest absolute Gasteiger partial charge is 0.271 e. The highest BCUT2D eigenvalue weighted by atomic mass is 16.2. The molecule has 0 aliphatic carbocycles. The highest BCUT2D eigenvalue weighted by Gasteiger charge is 2.32. The lowest BCUT2D eigenvalue weighted by molar-refractivity contribution is -0.132. The summed E-state index contributed by atoms with van der Waals surface area (Å²) in [5.41, 5.74) is 1.00. The van der Waals surface area contributed by atoms with Crippen LogP contribution in [0.5, 0.6) is 0 Å². The molecule has 0 aromatic carbocycles. The van der Waals surface area contributed by atoms with Crippen LogP contribution in [-0.2, 0) is 4.79 Å². The molecule has 3 aromatic rings. The monoisotopic (exact) mass is 365 g/mol. The Kier molecular flexibility index (Phi) is 4.73. The highest BCUT2D eigenvalue weighted by molar-refractivity contribution is 5.92. The first-order valence-corrected chi connectivity index (χ1v) is 8.87. The summed E-state index contributed by atoms with van der Waals surface area (Å²) in [6, 6.07) is 5.62. The molecule has 0 saturated carbocycles. The average molecular weight is 365 g/mol. The lowest BCUT2D eigenvalue weighted by Crippen LogP contribution is -2.35. The summed E-state index contributed by atoms with van der Waals surface area (Å²) < 4.78 is 1.92. The number of likely N-dealkylation sites (tertiary alicyclic amines) is 1. The Morgan fingerprint density at radius 3 is 3.00 bits per heavy atom. The van der Waals surface area contributed by atoms with Crippen LogP contribution in [0.4, 0.5) is 0 Å². The van der Waals surface area contributed by atoms with E-state index in [-0.39, 0.29) is 36.5 Å². The van der Waals surface area contributed by atoms with Crippen LogP contribution in [0.3, 0.4) is 0 Å². The van der Waals surface area contributed by atoms with Crippen LogP contribution in [-0.4, -0.2) is 54.4 Å². The van der Waals surface area contributed by atoms with Gasteiger partial charge in [-0.2, -0.15) is 0 Å². The summed E-state index contributed by atoms with van der Waals surface area (Å²) in [5, 5.41) is 11.2. The van der Waals surface area contributed by atoms with Gasteiger partial charge in [-0.05, 0) is 25.0 Å². The zero-order valence-electron chi connectivity index (χ0n) is 14.7. The summed E-state index contributed by atoms with van der Waals surface area (Å²) in [6.45, 7) is 0.932. The van der Waals surface area contributed by atoms with Crippen LogP contribution in [0, 0.1) is 0 Å². The molecular weight excluding hydrogens is 346 g/mol. The third-order valence-electron chi connectivity index (χ3n) is 4.63. The molecule has 1 aliphatic heterocycles. The van der Waals surface area contributed by atoms with Crippen LogP contribution in [0.2, 0.25) is 0 Å². The molecule has 4 rings (SSSR count). The molecule has 1 saturated heterocycles. The first-order valence-electron chi connectivity index (χ1n) is 8.87. The first kappa shape index (κ1) is 17.1. The Hall–Kier alpha value is -3.36. The van der Waals surface area contributed by atoms with E-state index >= 15 is 0 Å². The maximum atomic E-state index is 12.7. The van der Waals surface area contributed by atoms with E-state index in [1.807, 2.05) is 33.7 Å².